The second-order valence-corrected chi connectivity index (χ2v) is 9.72. The van der Waals surface area contributed by atoms with Crippen molar-refractivity contribution >= 4 is 29.0 Å². The molecule has 7 N–H and O–H groups in total. The van der Waals surface area contributed by atoms with Crippen LogP contribution >= 0.6 is 0 Å². The number of fused-ring (bicyclic) bond motifs is 3. The van der Waals surface area contributed by atoms with Crippen LogP contribution in [0.3, 0.4) is 0 Å². The Hall–Kier alpha value is -4.58. The fraction of sp³-hybridized carbons (Fsp3) is 0.308. The van der Waals surface area contributed by atoms with Gasteiger partial charge in [0.15, 0.2) is 17.2 Å². The lowest BCUT2D eigenvalue weighted by atomic mass is 9.59. The Balaban J connectivity index is 1.54. The number of nitrogens with zero attached hydrogens (tertiary/aromatic N) is 1. The van der Waals surface area contributed by atoms with E-state index in [9.17, 15) is 44.4 Å². The molecule has 1 amide bonds. The lowest BCUT2D eigenvalue weighted by Crippen LogP contribution is -2.58. The minimum Gasteiger partial charge on any atom is -0.508 e. The van der Waals surface area contributed by atoms with Crippen LogP contribution in [0.2, 0.25) is 0 Å². The van der Waals surface area contributed by atoms with E-state index >= 15 is 0 Å². The number of aromatic hydroxyl groups is 1. The second-order valence-electron chi connectivity index (χ2n) is 9.72. The van der Waals surface area contributed by atoms with Crippen LogP contribution in [0.1, 0.15) is 46.4 Å². The SMILES string of the molecule is NC(=O)C1=C(O)[C@@]2(O)C(=O)C3=C(O)c4c(O)ccc(CCC(=O)c5cc(=O)[nH]cn5)c4C[C@H]3C[C@H]2CC1=O. The second kappa shape index (κ2) is 8.77. The van der Waals surface area contributed by atoms with Gasteiger partial charge in [0, 0.05) is 30.4 Å². The van der Waals surface area contributed by atoms with Crippen molar-refractivity contribution in [1.29, 1.82) is 0 Å². The maximum absolute atomic E-state index is 13.5. The number of aliphatic hydroxyl groups is 3. The molecular weight excluding hydrogens is 498 g/mol. The van der Waals surface area contributed by atoms with E-state index in [1.807, 2.05) is 0 Å². The Morgan fingerprint density at radius 2 is 1.87 bits per heavy atom. The summed E-state index contributed by atoms with van der Waals surface area (Å²) in [5.74, 6) is -7.37. The smallest absolute Gasteiger partial charge is 0.255 e. The number of ketones is 3. The molecule has 0 radical (unpaired) electrons. The monoisotopic (exact) mass is 521 g/mol. The van der Waals surface area contributed by atoms with Crippen molar-refractivity contribution < 1.29 is 39.6 Å². The highest BCUT2D eigenvalue weighted by atomic mass is 16.3. The molecule has 1 aromatic carbocycles. The van der Waals surface area contributed by atoms with Gasteiger partial charge < -0.3 is 31.1 Å². The molecule has 3 aliphatic rings. The molecule has 0 aliphatic heterocycles. The highest BCUT2D eigenvalue weighted by molar-refractivity contribution is 6.22. The number of H-pyrrole nitrogens is 1. The van der Waals surface area contributed by atoms with E-state index in [0.717, 1.165) is 12.4 Å². The molecule has 0 unspecified atom stereocenters. The first-order valence-electron chi connectivity index (χ1n) is 11.8. The number of amides is 1. The van der Waals surface area contributed by atoms with Crippen LogP contribution in [0.25, 0.3) is 5.76 Å². The van der Waals surface area contributed by atoms with E-state index in [0.29, 0.717) is 11.1 Å². The van der Waals surface area contributed by atoms with Gasteiger partial charge in [0.05, 0.1) is 11.9 Å². The topological polar surface area (TPSA) is 221 Å². The summed E-state index contributed by atoms with van der Waals surface area (Å²) < 4.78 is 0. The van der Waals surface area contributed by atoms with Crippen LogP contribution in [-0.4, -0.2) is 59.3 Å². The quantitative estimate of drug-likeness (QED) is 0.234. The number of phenolic OH excluding ortho intramolecular Hbond substituents is 1. The summed E-state index contributed by atoms with van der Waals surface area (Å²) in [7, 11) is 0. The molecule has 0 saturated heterocycles. The molecular formula is C26H23N3O9. The fourth-order valence-corrected chi connectivity index (χ4v) is 5.82. The van der Waals surface area contributed by atoms with E-state index < -0.39 is 64.0 Å². The number of primary amides is 1. The van der Waals surface area contributed by atoms with Gasteiger partial charge in [-0.15, -0.1) is 0 Å². The number of benzene rings is 1. The van der Waals surface area contributed by atoms with E-state index in [1.165, 1.54) is 6.07 Å². The molecule has 1 saturated carbocycles. The number of aromatic amines is 1. The molecule has 1 aromatic heterocycles. The fourth-order valence-electron chi connectivity index (χ4n) is 5.82. The molecule has 1 heterocycles. The number of aryl methyl sites for hydroxylation is 1. The largest absolute Gasteiger partial charge is 0.508 e. The van der Waals surface area contributed by atoms with Crippen molar-refractivity contribution in [2.75, 3.05) is 0 Å². The molecule has 3 aliphatic carbocycles. The summed E-state index contributed by atoms with van der Waals surface area (Å²) in [5, 5.41) is 43.6. The highest BCUT2D eigenvalue weighted by Gasteiger charge is 2.60. The zero-order valence-corrected chi connectivity index (χ0v) is 19.9. The number of Topliss-reactive ketones (excluding diaryl/α,β-unsaturated/α-hetero) is 3. The van der Waals surface area contributed by atoms with Gasteiger partial charge in [-0.25, -0.2) is 4.98 Å². The van der Waals surface area contributed by atoms with Gasteiger partial charge >= 0.3 is 0 Å². The van der Waals surface area contributed by atoms with Gasteiger partial charge in [-0.2, -0.15) is 0 Å². The van der Waals surface area contributed by atoms with Crippen LogP contribution in [0, 0.1) is 11.8 Å². The first kappa shape index (κ1) is 25.1. The zero-order valence-electron chi connectivity index (χ0n) is 19.9. The summed E-state index contributed by atoms with van der Waals surface area (Å²) in [6.07, 6.45) is 1.01. The molecule has 5 rings (SSSR count). The van der Waals surface area contributed by atoms with Crippen molar-refractivity contribution in [1.82, 2.24) is 9.97 Å². The Labute approximate surface area is 214 Å². The average molecular weight is 521 g/mol. The maximum atomic E-state index is 13.5. The number of hydrogen-bond donors (Lipinski definition) is 6. The Morgan fingerprint density at radius 1 is 1.13 bits per heavy atom. The van der Waals surface area contributed by atoms with Gasteiger partial charge in [0.1, 0.15) is 28.5 Å². The number of rotatable bonds is 5. The van der Waals surface area contributed by atoms with Gasteiger partial charge in [-0.3, -0.25) is 24.0 Å². The third-order valence-electron chi connectivity index (χ3n) is 7.63. The lowest BCUT2D eigenvalue weighted by Gasteiger charge is -2.46. The standard InChI is InChI=1S/C26H23N3O9/c27-25(37)21-17(32)7-12-5-11-6-13-10(1-3-15(30)14-8-18(33)29-9-28-14)2-4-16(31)20(13)22(34)19(11)23(35)26(12,38)24(21)36/h2,4,8-9,11-12,31,34,36,38H,1,3,5-7H2,(H2,27,37)(H,28,29,33)/t11-,12+,26+/m1/s1. The third-order valence-corrected chi connectivity index (χ3v) is 7.63. The minimum atomic E-state index is -2.63. The van der Waals surface area contributed by atoms with Gasteiger partial charge in [-0.05, 0) is 42.4 Å². The number of hydrogen-bond acceptors (Lipinski definition) is 10. The summed E-state index contributed by atoms with van der Waals surface area (Å²) >= 11 is 0. The van der Waals surface area contributed by atoms with E-state index in [4.69, 9.17) is 5.73 Å². The van der Waals surface area contributed by atoms with Crippen molar-refractivity contribution in [2.24, 2.45) is 17.6 Å². The normalized spacial score (nSPS) is 24.6. The maximum Gasteiger partial charge on any atom is 0.255 e. The van der Waals surface area contributed by atoms with Gasteiger partial charge in [-0.1, -0.05) is 6.07 Å². The number of nitrogens with one attached hydrogen (secondary N) is 1. The number of nitrogens with two attached hydrogens (primary N) is 1. The average Bonchev–Trinajstić information content (AvgIpc) is 2.85. The van der Waals surface area contributed by atoms with Crippen LogP contribution in [0.5, 0.6) is 5.75 Å². The van der Waals surface area contributed by atoms with Crippen LogP contribution in [0.15, 0.2) is 46.2 Å². The van der Waals surface area contributed by atoms with E-state index in [2.05, 4.69) is 9.97 Å². The molecule has 12 nitrogen and oxygen atoms in total. The number of aliphatic hydroxyl groups excluding tert-OH is 2. The highest BCUT2D eigenvalue weighted by Crippen LogP contribution is 2.52. The van der Waals surface area contributed by atoms with E-state index in [-0.39, 0.29) is 54.0 Å². The predicted molar refractivity (Wildman–Crippen MR) is 129 cm³/mol. The molecule has 2 aromatic rings. The molecule has 38 heavy (non-hydrogen) atoms. The van der Waals surface area contributed by atoms with Crippen LogP contribution in [-0.2, 0) is 27.2 Å². The number of phenols is 1. The molecule has 1 fully saturated rings. The Kier molecular flexibility index (Phi) is 5.79. The first-order chi connectivity index (χ1) is 17.9. The molecule has 196 valence electrons. The summed E-state index contributed by atoms with van der Waals surface area (Å²) in [4.78, 5) is 68.0. The van der Waals surface area contributed by atoms with Crippen LogP contribution < -0.4 is 11.3 Å². The molecule has 12 heteroatoms. The molecule has 0 bridgehead atoms. The molecule has 0 spiro atoms. The zero-order chi connectivity index (χ0) is 27.5. The number of aromatic nitrogens is 2. The Morgan fingerprint density at radius 3 is 2.55 bits per heavy atom. The van der Waals surface area contributed by atoms with Gasteiger partial charge in [0.2, 0.25) is 5.78 Å². The Bertz CT molecular complexity index is 1570. The summed E-state index contributed by atoms with van der Waals surface area (Å²) in [6, 6.07) is 3.97. The molecule has 3 atom stereocenters. The number of carbonyl (C=O) groups excluding carboxylic acids is 4. The van der Waals surface area contributed by atoms with Gasteiger partial charge in [0.25, 0.3) is 11.5 Å². The minimum absolute atomic E-state index is 0.00579. The number of carbonyl (C=O) groups is 4. The van der Waals surface area contributed by atoms with Crippen LogP contribution in [0.4, 0.5) is 0 Å². The summed E-state index contributed by atoms with van der Waals surface area (Å²) in [6.45, 7) is 0. The van der Waals surface area contributed by atoms with Crippen molar-refractivity contribution in [3.8, 4) is 5.75 Å². The van der Waals surface area contributed by atoms with E-state index in [1.54, 1.807) is 6.07 Å². The van der Waals surface area contributed by atoms with Crippen molar-refractivity contribution in [2.45, 2.75) is 37.7 Å². The van der Waals surface area contributed by atoms with Crippen molar-refractivity contribution in [3.63, 3.8) is 0 Å². The lowest BCUT2D eigenvalue weighted by molar-refractivity contribution is -0.147. The summed E-state index contributed by atoms with van der Waals surface area (Å²) in [5.41, 5.74) is 2.04. The first-order valence-corrected chi connectivity index (χ1v) is 11.8. The third kappa shape index (κ3) is 3.64. The predicted octanol–water partition coefficient (Wildman–Crippen LogP) is 0.323. The van der Waals surface area contributed by atoms with Crippen molar-refractivity contribution in [3.05, 3.63) is 74.2 Å².